The number of rotatable bonds is 2. The SMILES string of the molecule is O=C(c1cn2c(-c3ccc(C(F)(F)F)cc3)cnc2cn1)N1CCc2cc(F)ccc21. The van der Waals surface area contributed by atoms with Crippen LogP contribution in [0.15, 0.2) is 61.1 Å². The molecule has 2 aromatic heterocycles. The summed E-state index contributed by atoms with van der Waals surface area (Å²) in [6.07, 6.45) is 0.586. The second kappa shape index (κ2) is 6.90. The highest BCUT2D eigenvalue weighted by molar-refractivity contribution is 6.06. The molecule has 5 nitrogen and oxygen atoms in total. The van der Waals surface area contributed by atoms with Crippen LogP contribution in [0, 0.1) is 5.82 Å². The van der Waals surface area contributed by atoms with Crippen LogP contribution in [0.1, 0.15) is 21.6 Å². The van der Waals surface area contributed by atoms with Gasteiger partial charge in [0.05, 0.1) is 23.7 Å². The molecule has 0 fully saturated rings. The van der Waals surface area contributed by atoms with Crippen LogP contribution in [0.2, 0.25) is 0 Å². The summed E-state index contributed by atoms with van der Waals surface area (Å²) >= 11 is 0. The fraction of sp³-hybridized carbons (Fsp3) is 0.136. The largest absolute Gasteiger partial charge is 0.416 e. The van der Waals surface area contributed by atoms with Crippen molar-refractivity contribution in [3.05, 3.63) is 83.7 Å². The molecule has 2 aromatic carbocycles. The van der Waals surface area contributed by atoms with Crippen LogP contribution in [0.5, 0.6) is 0 Å². The molecule has 3 heterocycles. The summed E-state index contributed by atoms with van der Waals surface area (Å²) in [6, 6.07) is 9.01. The highest BCUT2D eigenvalue weighted by Crippen LogP contribution is 2.32. The molecule has 0 atom stereocenters. The van der Waals surface area contributed by atoms with E-state index in [4.69, 9.17) is 0 Å². The van der Waals surface area contributed by atoms with Gasteiger partial charge in [-0.15, -0.1) is 0 Å². The molecule has 0 saturated heterocycles. The summed E-state index contributed by atoms with van der Waals surface area (Å²) in [6.45, 7) is 0.410. The third-order valence-corrected chi connectivity index (χ3v) is 5.31. The molecule has 4 aromatic rings. The average Bonchev–Trinajstić information content (AvgIpc) is 3.36. The Labute approximate surface area is 173 Å². The summed E-state index contributed by atoms with van der Waals surface area (Å²) in [5, 5.41) is 0. The molecule has 156 valence electrons. The zero-order valence-electron chi connectivity index (χ0n) is 15.9. The van der Waals surface area contributed by atoms with Crippen LogP contribution in [-0.2, 0) is 12.6 Å². The van der Waals surface area contributed by atoms with Gasteiger partial charge in [-0.1, -0.05) is 12.1 Å². The lowest BCUT2D eigenvalue weighted by molar-refractivity contribution is -0.137. The van der Waals surface area contributed by atoms with E-state index in [1.165, 1.54) is 47.8 Å². The van der Waals surface area contributed by atoms with Gasteiger partial charge in [-0.3, -0.25) is 9.20 Å². The number of carbonyl (C=O) groups is 1. The topological polar surface area (TPSA) is 50.5 Å². The number of hydrogen-bond donors (Lipinski definition) is 0. The summed E-state index contributed by atoms with van der Waals surface area (Å²) in [5.74, 6) is -0.702. The summed E-state index contributed by atoms with van der Waals surface area (Å²) in [4.78, 5) is 23.0. The number of anilines is 1. The van der Waals surface area contributed by atoms with E-state index >= 15 is 0 Å². The van der Waals surface area contributed by atoms with E-state index in [1.54, 1.807) is 10.5 Å². The van der Waals surface area contributed by atoms with Crippen molar-refractivity contribution in [1.82, 2.24) is 14.4 Å². The Morgan fingerprint density at radius 1 is 1.00 bits per heavy atom. The van der Waals surface area contributed by atoms with E-state index in [2.05, 4.69) is 9.97 Å². The maximum Gasteiger partial charge on any atom is 0.416 e. The molecule has 9 heteroatoms. The van der Waals surface area contributed by atoms with Crippen molar-refractivity contribution in [3.8, 4) is 11.3 Å². The Hall–Kier alpha value is -3.75. The summed E-state index contributed by atoms with van der Waals surface area (Å²) in [7, 11) is 0. The predicted octanol–water partition coefficient (Wildman–Crippen LogP) is 4.76. The maximum absolute atomic E-state index is 13.5. The van der Waals surface area contributed by atoms with Crippen molar-refractivity contribution in [2.45, 2.75) is 12.6 Å². The van der Waals surface area contributed by atoms with Crippen LogP contribution >= 0.6 is 0 Å². The molecule has 0 N–H and O–H groups in total. The quantitative estimate of drug-likeness (QED) is 0.435. The van der Waals surface area contributed by atoms with E-state index in [1.807, 2.05) is 0 Å². The number of alkyl halides is 3. The fourth-order valence-corrected chi connectivity index (χ4v) is 3.76. The highest BCUT2D eigenvalue weighted by atomic mass is 19.4. The van der Waals surface area contributed by atoms with Gasteiger partial charge in [0.25, 0.3) is 5.91 Å². The second-order valence-corrected chi connectivity index (χ2v) is 7.20. The van der Waals surface area contributed by atoms with Gasteiger partial charge < -0.3 is 4.90 Å². The van der Waals surface area contributed by atoms with E-state index in [0.717, 1.165) is 17.7 Å². The molecular weight excluding hydrogens is 412 g/mol. The van der Waals surface area contributed by atoms with Crippen LogP contribution in [0.3, 0.4) is 0 Å². The monoisotopic (exact) mass is 426 g/mol. The molecule has 31 heavy (non-hydrogen) atoms. The van der Waals surface area contributed by atoms with Crippen LogP contribution in [0.4, 0.5) is 23.2 Å². The molecule has 1 aliphatic rings. The van der Waals surface area contributed by atoms with Gasteiger partial charge in [-0.2, -0.15) is 13.2 Å². The number of fused-ring (bicyclic) bond motifs is 2. The minimum atomic E-state index is -4.42. The molecule has 5 rings (SSSR count). The molecule has 0 bridgehead atoms. The first-order chi connectivity index (χ1) is 14.8. The Kier molecular flexibility index (Phi) is 4.28. The van der Waals surface area contributed by atoms with Gasteiger partial charge in [0.15, 0.2) is 5.65 Å². The van der Waals surface area contributed by atoms with Gasteiger partial charge in [0, 0.05) is 24.0 Å². The van der Waals surface area contributed by atoms with Gasteiger partial charge in [0.1, 0.15) is 11.5 Å². The molecule has 0 radical (unpaired) electrons. The number of halogens is 4. The van der Waals surface area contributed by atoms with Crippen molar-refractivity contribution < 1.29 is 22.4 Å². The fourth-order valence-electron chi connectivity index (χ4n) is 3.76. The number of nitrogens with zero attached hydrogens (tertiary/aromatic N) is 4. The molecule has 0 unspecified atom stereocenters. The van der Waals surface area contributed by atoms with E-state index in [-0.39, 0.29) is 17.4 Å². The number of carbonyl (C=O) groups excluding carboxylic acids is 1. The first-order valence-electron chi connectivity index (χ1n) is 9.42. The first-order valence-corrected chi connectivity index (χ1v) is 9.42. The molecule has 0 saturated carbocycles. The third kappa shape index (κ3) is 3.31. The zero-order valence-corrected chi connectivity index (χ0v) is 15.9. The first kappa shape index (κ1) is 19.2. The molecule has 0 aliphatic carbocycles. The van der Waals surface area contributed by atoms with Crippen molar-refractivity contribution in [2.24, 2.45) is 0 Å². The molecular formula is C22H14F4N4O. The average molecular weight is 426 g/mol. The molecule has 1 aliphatic heterocycles. The Morgan fingerprint density at radius 3 is 2.52 bits per heavy atom. The second-order valence-electron chi connectivity index (χ2n) is 7.20. The van der Waals surface area contributed by atoms with Crippen LogP contribution in [0.25, 0.3) is 16.9 Å². The smallest absolute Gasteiger partial charge is 0.306 e. The van der Waals surface area contributed by atoms with E-state index in [9.17, 15) is 22.4 Å². The lowest BCUT2D eigenvalue weighted by atomic mass is 10.1. The van der Waals surface area contributed by atoms with Crippen molar-refractivity contribution >= 4 is 17.2 Å². The lowest BCUT2D eigenvalue weighted by Gasteiger charge is -2.17. The Morgan fingerprint density at radius 2 is 1.77 bits per heavy atom. The standard InChI is InChI=1S/C22H14F4N4O/c23-16-5-6-18-14(9-16)7-8-29(18)21(31)17-12-30-19(10-28-20(30)11-27-17)13-1-3-15(4-2-13)22(24,25)26/h1-6,9-12H,7-8H2. The van der Waals surface area contributed by atoms with Gasteiger partial charge in [-0.25, -0.2) is 14.4 Å². The van der Waals surface area contributed by atoms with Crippen molar-refractivity contribution in [2.75, 3.05) is 11.4 Å². The molecule has 0 spiro atoms. The van der Waals surface area contributed by atoms with Crippen LogP contribution < -0.4 is 4.90 Å². The third-order valence-electron chi connectivity index (χ3n) is 5.31. The van der Waals surface area contributed by atoms with Gasteiger partial charge in [0.2, 0.25) is 0 Å². The summed E-state index contributed by atoms with van der Waals surface area (Å²) in [5.41, 5.74) is 2.30. The highest BCUT2D eigenvalue weighted by Gasteiger charge is 2.30. The normalized spacial score (nSPS) is 13.6. The zero-order chi connectivity index (χ0) is 21.8. The van der Waals surface area contributed by atoms with Crippen molar-refractivity contribution in [3.63, 3.8) is 0 Å². The molecule has 1 amide bonds. The van der Waals surface area contributed by atoms with Crippen LogP contribution in [-0.4, -0.2) is 26.8 Å². The minimum Gasteiger partial charge on any atom is -0.306 e. The number of hydrogen-bond acceptors (Lipinski definition) is 3. The number of amides is 1. The number of aromatic nitrogens is 3. The van der Waals surface area contributed by atoms with E-state index in [0.29, 0.717) is 35.6 Å². The number of imidazole rings is 1. The Bertz CT molecular complexity index is 1310. The van der Waals surface area contributed by atoms with Gasteiger partial charge >= 0.3 is 6.18 Å². The maximum atomic E-state index is 13.5. The van der Waals surface area contributed by atoms with Gasteiger partial charge in [-0.05, 0) is 42.3 Å². The minimum absolute atomic E-state index is 0.149. The van der Waals surface area contributed by atoms with E-state index < -0.39 is 11.7 Å². The number of benzene rings is 2. The lowest BCUT2D eigenvalue weighted by Crippen LogP contribution is -2.29. The van der Waals surface area contributed by atoms with Crippen molar-refractivity contribution in [1.29, 1.82) is 0 Å². The predicted molar refractivity (Wildman–Crippen MR) is 105 cm³/mol. The Balaban J connectivity index is 1.51. The summed E-state index contributed by atoms with van der Waals surface area (Å²) < 4.78 is 53.6.